The predicted octanol–water partition coefficient (Wildman–Crippen LogP) is 3.37. The molecule has 2 aromatic heterocycles. The van der Waals surface area contributed by atoms with Crippen molar-refractivity contribution in [2.45, 2.75) is 32.9 Å². The van der Waals surface area contributed by atoms with Crippen molar-refractivity contribution in [2.24, 2.45) is 0 Å². The number of nitrogens with zero attached hydrogens (tertiary/aromatic N) is 3. The number of aromatic nitrogens is 1. The summed E-state index contributed by atoms with van der Waals surface area (Å²) in [5, 5.41) is 0.897. The third-order valence-electron chi connectivity index (χ3n) is 5.73. The molecule has 2 amide bonds. The fourth-order valence-electron chi connectivity index (χ4n) is 4.14. The van der Waals surface area contributed by atoms with Gasteiger partial charge in [0.15, 0.2) is 0 Å². The lowest BCUT2D eigenvalue weighted by molar-refractivity contribution is -0.134. The van der Waals surface area contributed by atoms with Crippen molar-refractivity contribution in [3.05, 3.63) is 53.9 Å². The Bertz CT molecular complexity index is 1070. The molecule has 0 N–H and O–H groups in total. The molecule has 1 aliphatic heterocycles. The van der Waals surface area contributed by atoms with E-state index in [1.165, 1.54) is 0 Å². The minimum Gasteiger partial charge on any atom is -0.497 e. The number of amides is 2. The van der Waals surface area contributed by atoms with Crippen LogP contribution in [0.15, 0.2) is 47.1 Å². The summed E-state index contributed by atoms with van der Waals surface area (Å²) in [7, 11) is 1.64. The van der Waals surface area contributed by atoms with Gasteiger partial charge in [0.05, 0.1) is 19.9 Å². The van der Waals surface area contributed by atoms with Gasteiger partial charge in [-0.1, -0.05) is 19.1 Å². The average Bonchev–Trinajstić information content (AvgIpc) is 3.35. The second-order valence-corrected chi connectivity index (χ2v) is 7.69. The monoisotopic (exact) mass is 409 g/mol. The van der Waals surface area contributed by atoms with Crippen LogP contribution in [0.1, 0.15) is 36.3 Å². The minimum absolute atomic E-state index is 0.0000563. The number of piperazine rings is 1. The van der Waals surface area contributed by atoms with Crippen molar-refractivity contribution < 1.29 is 18.7 Å². The van der Waals surface area contributed by atoms with E-state index < -0.39 is 0 Å². The summed E-state index contributed by atoms with van der Waals surface area (Å²) in [6.07, 6.45) is 2.12. The zero-order chi connectivity index (χ0) is 21.3. The number of ether oxygens (including phenoxy) is 1. The van der Waals surface area contributed by atoms with Gasteiger partial charge in [-0.25, -0.2) is 0 Å². The number of furan rings is 1. The van der Waals surface area contributed by atoms with Gasteiger partial charge in [0.2, 0.25) is 11.6 Å². The molecule has 0 radical (unpaired) electrons. The third kappa shape index (κ3) is 3.67. The number of fused-ring (bicyclic) bond motifs is 1. The number of carbonyl (C=O) groups excluding carboxylic acids is 2. The van der Waals surface area contributed by atoms with Crippen LogP contribution in [-0.2, 0) is 11.3 Å². The van der Waals surface area contributed by atoms with Crippen molar-refractivity contribution in [2.75, 3.05) is 26.7 Å². The maximum atomic E-state index is 13.4. The lowest BCUT2D eigenvalue weighted by Crippen LogP contribution is -2.55. The first-order chi connectivity index (χ1) is 14.5. The highest BCUT2D eigenvalue weighted by Gasteiger charge is 2.31. The molecule has 0 aliphatic carbocycles. The van der Waals surface area contributed by atoms with E-state index in [1.54, 1.807) is 13.4 Å². The zero-order valence-electron chi connectivity index (χ0n) is 17.6. The summed E-state index contributed by atoms with van der Waals surface area (Å²) in [6, 6.07) is 11.5. The molecule has 0 unspecified atom stereocenters. The van der Waals surface area contributed by atoms with Crippen LogP contribution < -0.4 is 4.74 Å². The predicted molar refractivity (Wildman–Crippen MR) is 114 cm³/mol. The van der Waals surface area contributed by atoms with Crippen molar-refractivity contribution in [1.82, 2.24) is 14.4 Å². The zero-order valence-corrected chi connectivity index (χ0v) is 17.6. The van der Waals surface area contributed by atoms with Crippen molar-refractivity contribution in [1.29, 1.82) is 0 Å². The quantitative estimate of drug-likeness (QED) is 0.648. The van der Waals surface area contributed by atoms with Gasteiger partial charge in [-0.05, 0) is 36.8 Å². The Morgan fingerprint density at radius 3 is 2.77 bits per heavy atom. The van der Waals surface area contributed by atoms with Crippen molar-refractivity contribution in [3.8, 4) is 5.75 Å². The number of hydrogen-bond donors (Lipinski definition) is 0. The highest BCUT2D eigenvalue weighted by molar-refractivity contribution is 5.98. The van der Waals surface area contributed by atoms with Crippen LogP contribution in [0.5, 0.6) is 5.75 Å². The van der Waals surface area contributed by atoms with E-state index in [4.69, 9.17) is 9.15 Å². The lowest BCUT2D eigenvalue weighted by atomic mass is 10.1. The Balaban J connectivity index is 1.61. The van der Waals surface area contributed by atoms with E-state index in [-0.39, 0.29) is 17.9 Å². The molecule has 0 spiro atoms. The number of methoxy groups -OCH3 is 1. The maximum Gasteiger partial charge on any atom is 0.270 e. The Morgan fingerprint density at radius 2 is 2.03 bits per heavy atom. The first kappa shape index (κ1) is 20.1. The molecule has 3 heterocycles. The lowest BCUT2D eigenvalue weighted by Gasteiger charge is -2.39. The summed E-state index contributed by atoms with van der Waals surface area (Å²) in [6.45, 7) is 5.98. The molecular formula is C23H27N3O4. The molecular weight excluding hydrogens is 382 g/mol. The number of hydrogen-bond acceptors (Lipinski definition) is 4. The third-order valence-corrected chi connectivity index (χ3v) is 5.73. The first-order valence-corrected chi connectivity index (χ1v) is 10.3. The topological polar surface area (TPSA) is 67.9 Å². The van der Waals surface area contributed by atoms with E-state index in [0.717, 1.165) is 16.7 Å². The fourth-order valence-corrected chi connectivity index (χ4v) is 4.14. The minimum atomic E-state index is -0.0419. The van der Waals surface area contributed by atoms with Crippen LogP contribution in [0.25, 0.3) is 11.1 Å². The summed E-state index contributed by atoms with van der Waals surface area (Å²) in [4.78, 5) is 29.2. The molecule has 7 nitrogen and oxygen atoms in total. The van der Waals surface area contributed by atoms with E-state index in [2.05, 4.69) is 0 Å². The van der Waals surface area contributed by atoms with Crippen molar-refractivity contribution >= 4 is 22.9 Å². The molecule has 1 atom stereocenters. The summed E-state index contributed by atoms with van der Waals surface area (Å²) >= 11 is 0. The summed E-state index contributed by atoms with van der Waals surface area (Å²) in [5.74, 6) is 0.863. The van der Waals surface area contributed by atoms with E-state index in [1.807, 2.05) is 64.6 Å². The normalized spacial score (nSPS) is 16.8. The van der Waals surface area contributed by atoms with E-state index in [0.29, 0.717) is 44.0 Å². The molecule has 3 aromatic rings. The largest absolute Gasteiger partial charge is 0.497 e. The van der Waals surface area contributed by atoms with Gasteiger partial charge >= 0.3 is 0 Å². The molecule has 30 heavy (non-hydrogen) atoms. The van der Waals surface area contributed by atoms with E-state index in [9.17, 15) is 9.59 Å². The second-order valence-electron chi connectivity index (χ2n) is 7.69. The first-order valence-electron chi connectivity index (χ1n) is 10.3. The van der Waals surface area contributed by atoms with Crippen LogP contribution in [-0.4, -0.2) is 59.0 Å². The smallest absolute Gasteiger partial charge is 0.270 e. The standard InChI is InChI=1S/C23H27N3O4/c1-4-21(27)25-10-9-24(14-16(25)2)22(28)20-13-18-8-11-30-23(18)26(20)15-17-6-5-7-19(12-17)29-3/h5-8,11-13,16H,4,9-10,14-15H2,1-3H3/t16-/m1/s1. The molecule has 1 saturated heterocycles. The molecule has 158 valence electrons. The Hall–Kier alpha value is -3.22. The SMILES string of the molecule is CCC(=O)N1CCN(C(=O)c2cc3ccoc3n2Cc2cccc(OC)c2)C[C@H]1C. The van der Waals surface area contributed by atoms with Crippen LogP contribution >= 0.6 is 0 Å². The molecule has 1 aliphatic rings. The summed E-state index contributed by atoms with van der Waals surface area (Å²) in [5.41, 5.74) is 2.28. The molecule has 0 saturated carbocycles. The van der Waals surface area contributed by atoms with Gasteiger partial charge in [-0.15, -0.1) is 0 Å². The molecule has 1 aromatic carbocycles. The number of carbonyl (C=O) groups is 2. The van der Waals surface area contributed by atoms with Crippen LogP contribution in [0, 0.1) is 0 Å². The number of rotatable bonds is 5. The molecule has 4 rings (SSSR count). The van der Waals surface area contributed by atoms with Crippen LogP contribution in [0.2, 0.25) is 0 Å². The van der Waals surface area contributed by atoms with Gasteiger partial charge < -0.3 is 23.5 Å². The van der Waals surface area contributed by atoms with Gasteiger partial charge in [0.1, 0.15) is 11.4 Å². The Kier molecular flexibility index (Phi) is 5.53. The molecule has 7 heteroatoms. The van der Waals surface area contributed by atoms with Gasteiger partial charge in [-0.2, -0.15) is 0 Å². The van der Waals surface area contributed by atoms with Gasteiger partial charge in [-0.3, -0.25) is 9.59 Å². The van der Waals surface area contributed by atoms with Crippen LogP contribution in [0.4, 0.5) is 0 Å². The number of benzene rings is 1. The highest BCUT2D eigenvalue weighted by atomic mass is 16.5. The fraction of sp³-hybridized carbons (Fsp3) is 0.391. The van der Waals surface area contributed by atoms with Gasteiger partial charge in [0.25, 0.3) is 5.91 Å². The highest BCUT2D eigenvalue weighted by Crippen LogP contribution is 2.25. The maximum absolute atomic E-state index is 13.4. The Morgan fingerprint density at radius 1 is 1.20 bits per heavy atom. The summed E-state index contributed by atoms with van der Waals surface area (Å²) < 4.78 is 12.9. The molecule has 0 bridgehead atoms. The van der Waals surface area contributed by atoms with Gasteiger partial charge in [0, 0.05) is 37.5 Å². The van der Waals surface area contributed by atoms with Crippen molar-refractivity contribution in [3.63, 3.8) is 0 Å². The molecule has 1 fully saturated rings. The second kappa shape index (κ2) is 8.26. The average molecular weight is 409 g/mol. The Labute approximate surface area is 175 Å². The van der Waals surface area contributed by atoms with E-state index >= 15 is 0 Å². The van der Waals surface area contributed by atoms with Crippen LogP contribution in [0.3, 0.4) is 0 Å².